The van der Waals surface area contributed by atoms with E-state index >= 15 is 0 Å². The number of nitrogens with zero attached hydrogens (tertiary/aromatic N) is 1. The molecule has 1 aromatic rings. The maximum Gasteiger partial charge on any atom is 0.305 e. The fourth-order valence-corrected chi connectivity index (χ4v) is 4.42. The molecule has 0 bridgehead atoms. The summed E-state index contributed by atoms with van der Waals surface area (Å²) in [6.45, 7) is 3.18. The predicted octanol–water partition coefficient (Wildman–Crippen LogP) is 5.20. The zero-order chi connectivity index (χ0) is 22.6. The van der Waals surface area contributed by atoms with Crippen LogP contribution in [0.5, 0.6) is 11.5 Å². The van der Waals surface area contributed by atoms with E-state index in [0.29, 0.717) is 40.3 Å². The van der Waals surface area contributed by atoms with Crippen LogP contribution in [-0.4, -0.2) is 48.5 Å². The lowest BCUT2D eigenvalue weighted by Gasteiger charge is -2.14. The number of amides is 1. The molecule has 0 N–H and O–H groups in total. The molecule has 0 aromatic heterocycles. The molecule has 1 heterocycles. The molecule has 0 aliphatic carbocycles. The Kier molecular flexibility index (Phi) is 10.9. The Hall–Kier alpha value is -2.06. The SMILES string of the molecule is CCCCCOC(=O)CCCCCN1C(=O)C(=Cc2ccc(OC)c(OC)c2)SC1=S. The lowest BCUT2D eigenvalue weighted by atomic mass is 10.1. The number of thioether (sulfide) groups is 1. The van der Waals surface area contributed by atoms with Crippen molar-refractivity contribution in [2.75, 3.05) is 27.4 Å². The highest BCUT2D eigenvalue weighted by Gasteiger charge is 2.31. The summed E-state index contributed by atoms with van der Waals surface area (Å²) in [6, 6.07) is 5.50. The van der Waals surface area contributed by atoms with Crippen LogP contribution in [0.25, 0.3) is 6.08 Å². The molecule has 1 aromatic carbocycles. The Morgan fingerprint density at radius 2 is 1.87 bits per heavy atom. The molecule has 1 aliphatic rings. The first-order valence-electron chi connectivity index (χ1n) is 10.6. The maximum atomic E-state index is 12.8. The highest BCUT2D eigenvalue weighted by molar-refractivity contribution is 8.26. The van der Waals surface area contributed by atoms with Crippen molar-refractivity contribution in [3.63, 3.8) is 0 Å². The summed E-state index contributed by atoms with van der Waals surface area (Å²) in [7, 11) is 3.16. The van der Waals surface area contributed by atoms with Gasteiger partial charge in [0.05, 0.1) is 25.7 Å². The van der Waals surface area contributed by atoms with Crippen LogP contribution < -0.4 is 9.47 Å². The van der Waals surface area contributed by atoms with Gasteiger partial charge in [-0.05, 0) is 43.0 Å². The topological polar surface area (TPSA) is 65.1 Å². The van der Waals surface area contributed by atoms with Crippen LogP contribution in [-0.2, 0) is 14.3 Å². The van der Waals surface area contributed by atoms with E-state index in [9.17, 15) is 9.59 Å². The molecule has 0 unspecified atom stereocenters. The molecule has 1 saturated heterocycles. The molecule has 1 amide bonds. The van der Waals surface area contributed by atoms with E-state index in [2.05, 4.69) is 6.92 Å². The van der Waals surface area contributed by atoms with Crippen molar-refractivity contribution >= 4 is 46.3 Å². The fraction of sp³-hybridized carbons (Fsp3) is 0.522. The van der Waals surface area contributed by atoms with Crippen LogP contribution in [0.1, 0.15) is 57.4 Å². The molecule has 31 heavy (non-hydrogen) atoms. The first kappa shape index (κ1) is 25.2. The van der Waals surface area contributed by atoms with E-state index in [1.807, 2.05) is 18.2 Å². The van der Waals surface area contributed by atoms with Crippen molar-refractivity contribution in [1.29, 1.82) is 0 Å². The van der Waals surface area contributed by atoms with Crippen LogP contribution in [0.15, 0.2) is 23.1 Å². The zero-order valence-corrected chi connectivity index (χ0v) is 20.1. The van der Waals surface area contributed by atoms with Gasteiger partial charge in [0, 0.05) is 13.0 Å². The molecule has 0 radical (unpaired) electrons. The number of carbonyl (C=O) groups is 2. The van der Waals surface area contributed by atoms with Crippen LogP contribution >= 0.6 is 24.0 Å². The average Bonchev–Trinajstić information content (AvgIpc) is 3.03. The van der Waals surface area contributed by atoms with Gasteiger partial charge in [0.25, 0.3) is 5.91 Å². The van der Waals surface area contributed by atoms with E-state index in [1.165, 1.54) is 11.8 Å². The summed E-state index contributed by atoms with van der Waals surface area (Å²) in [6.07, 6.45) is 7.74. The number of esters is 1. The number of benzene rings is 1. The van der Waals surface area contributed by atoms with Gasteiger partial charge in [-0.2, -0.15) is 0 Å². The van der Waals surface area contributed by atoms with Crippen LogP contribution in [0.3, 0.4) is 0 Å². The highest BCUT2D eigenvalue weighted by Crippen LogP contribution is 2.34. The number of unbranched alkanes of at least 4 members (excludes halogenated alkanes) is 4. The Bertz CT molecular complexity index is 809. The summed E-state index contributed by atoms with van der Waals surface area (Å²) >= 11 is 6.70. The third-order valence-corrected chi connectivity index (χ3v) is 6.23. The zero-order valence-electron chi connectivity index (χ0n) is 18.5. The highest BCUT2D eigenvalue weighted by atomic mass is 32.2. The molecule has 8 heteroatoms. The van der Waals surface area contributed by atoms with Gasteiger partial charge in [0.1, 0.15) is 4.32 Å². The first-order chi connectivity index (χ1) is 15.0. The van der Waals surface area contributed by atoms with E-state index < -0.39 is 0 Å². The smallest absolute Gasteiger partial charge is 0.305 e. The molecule has 0 spiro atoms. The number of carbonyl (C=O) groups excluding carboxylic acids is 2. The Morgan fingerprint density at radius 1 is 1.10 bits per heavy atom. The van der Waals surface area contributed by atoms with E-state index in [-0.39, 0.29) is 11.9 Å². The molecule has 0 atom stereocenters. The van der Waals surface area contributed by atoms with Gasteiger partial charge in [-0.25, -0.2) is 0 Å². The summed E-state index contributed by atoms with van der Waals surface area (Å²) in [5, 5.41) is 0. The lowest BCUT2D eigenvalue weighted by Crippen LogP contribution is -2.29. The van der Waals surface area contributed by atoms with Crippen molar-refractivity contribution < 1.29 is 23.8 Å². The number of hydrogen-bond acceptors (Lipinski definition) is 7. The third kappa shape index (κ3) is 7.85. The molecule has 2 rings (SSSR count). The molecule has 170 valence electrons. The van der Waals surface area contributed by atoms with Gasteiger partial charge in [0.2, 0.25) is 0 Å². The van der Waals surface area contributed by atoms with Crippen LogP contribution in [0, 0.1) is 0 Å². The van der Waals surface area contributed by atoms with Gasteiger partial charge in [0.15, 0.2) is 11.5 Å². The minimum Gasteiger partial charge on any atom is -0.493 e. The Morgan fingerprint density at radius 3 is 2.58 bits per heavy atom. The van der Waals surface area contributed by atoms with E-state index in [0.717, 1.165) is 44.1 Å². The van der Waals surface area contributed by atoms with Crippen molar-refractivity contribution in [3.05, 3.63) is 28.7 Å². The molecule has 1 aliphatic heterocycles. The number of hydrogen-bond donors (Lipinski definition) is 0. The minimum absolute atomic E-state index is 0.0832. The largest absolute Gasteiger partial charge is 0.493 e. The van der Waals surface area contributed by atoms with Gasteiger partial charge >= 0.3 is 5.97 Å². The van der Waals surface area contributed by atoms with Crippen molar-refractivity contribution in [3.8, 4) is 11.5 Å². The lowest BCUT2D eigenvalue weighted by molar-refractivity contribution is -0.144. The Balaban J connectivity index is 1.79. The molecule has 6 nitrogen and oxygen atoms in total. The second-order valence-electron chi connectivity index (χ2n) is 7.19. The van der Waals surface area contributed by atoms with Crippen LogP contribution in [0.2, 0.25) is 0 Å². The van der Waals surface area contributed by atoms with Crippen molar-refractivity contribution in [1.82, 2.24) is 4.90 Å². The standard InChI is InChI=1S/C23H31NO5S2/c1-4-5-9-14-29-21(25)10-7-6-8-13-24-22(26)20(31-23(24)30)16-17-11-12-18(27-2)19(15-17)28-3/h11-12,15-16H,4-10,13-14H2,1-3H3. The fourth-order valence-electron chi connectivity index (χ4n) is 3.11. The van der Waals surface area contributed by atoms with Gasteiger partial charge < -0.3 is 14.2 Å². The average molecular weight is 466 g/mol. The second kappa shape index (κ2) is 13.4. The normalized spacial score (nSPS) is 14.9. The second-order valence-corrected chi connectivity index (χ2v) is 8.86. The molecular formula is C23H31NO5S2. The first-order valence-corrected chi connectivity index (χ1v) is 11.9. The minimum atomic E-state index is -0.139. The quantitative estimate of drug-likeness (QED) is 0.172. The monoisotopic (exact) mass is 465 g/mol. The third-order valence-electron chi connectivity index (χ3n) is 4.85. The maximum absolute atomic E-state index is 12.8. The molecular weight excluding hydrogens is 434 g/mol. The molecule has 1 fully saturated rings. The predicted molar refractivity (Wildman–Crippen MR) is 128 cm³/mol. The van der Waals surface area contributed by atoms with E-state index in [4.69, 9.17) is 26.4 Å². The number of thiocarbonyl (C=S) groups is 1. The van der Waals surface area contributed by atoms with Gasteiger partial charge in [-0.15, -0.1) is 0 Å². The summed E-state index contributed by atoms with van der Waals surface area (Å²) in [4.78, 5) is 26.7. The van der Waals surface area contributed by atoms with Crippen molar-refractivity contribution in [2.24, 2.45) is 0 Å². The van der Waals surface area contributed by atoms with E-state index in [1.54, 1.807) is 25.2 Å². The number of rotatable bonds is 13. The van der Waals surface area contributed by atoms with Gasteiger partial charge in [-0.3, -0.25) is 14.5 Å². The van der Waals surface area contributed by atoms with Gasteiger partial charge in [-0.1, -0.05) is 56.2 Å². The molecule has 0 saturated carbocycles. The van der Waals surface area contributed by atoms with Crippen molar-refractivity contribution in [2.45, 2.75) is 51.9 Å². The summed E-state index contributed by atoms with van der Waals surface area (Å²) in [5.74, 6) is 1.02. The Labute approximate surface area is 194 Å². The summed E-state index contributed by atoms with van der Waals surface area (Å²) < 4.78 is 16.3. The summed E-state index contributed by atoms with van der Waals surface area (Å²) in [5.41, 5.74) is 0.843. The number of methoxy groups -OCH3 is 2. The van der Waals surface area contributed by atoms with Crippen LogP contribution in [0.4, 0.5) is 0 Å². The number of ether oxygens (including phenoxy) is 3.